The second-order valence-electron chi connectivity index (χ2n) is 15.6. The minimum atomic E-state index is 0.680. The maximum Gasteiger partial charge on any atom is 0.161 e. The molecule has 8 aromatic carbocycles. The molecule has 290 valence electrons. The number of para-hydroxylation sites is 2. The van der Waals surface area contributed by atoms with Crippen molar-refractivity contribution in [3.8, 4) is 73.2 Å². The van der Waals surface area contributed by atoms with Gasteiger partial charge in [-0.15, -0.1) is 0 Å². The predicted octanol–water partition coefficient (Wildman–Crippen LogP) is 14.4. The molecular formula is C57H37N5. The molecule has 0 fully saturated rings. The number of nitrogens with zero attached hydrogens (tertiary/aromatic N) is 5. The molecule has 62 heavy (non-hydrogen) atoms. The second-order valence-corrected chi connectivity index (χ2v) is 15.6. The van der Waals surface area contributed by atoms with Gasteiger partial charge in [0.2, 0.25) is 0 Å². The zero-order chi connectivity index (χ0) is 41.0. The third-order valence-electron chi connectivity index (χ3n) is 12.0. The number of aromatic nitrogens is 5. The Morgan fingerprint density at radius 1 is 0.387 bits per heavy atom. The van der Waals surface area contributed by atoms with Gasteiger partial charge in [0, 0.05) is 55.2 Å². The Morgan fingerprint density at radius 2 is 0.935 bits per heavy atom. The predicted molar refractivity (Wildman–Crippen MR) is 255 cm³/mol. The number of hydrogen-bond acceptors (Lipinski definition) is 3. The zero-order valence-corrected chi connectivity index (χ0v) is 33.6. The van der Waals surface area contributed by atoms with Crippen molar-refractivity contribution in [2.75, 3.05) is 0 Å². The number of rotatable bonds is 7. The van der Waals surface area contributed by atoms with Crippen LogP contribution in [0.2, 0.25) is 0 Å². The molecule has 0 saturated heterocycles. The molecule has 0 radical (unpaired) electrons. The number of hydrogen-bond donors (Lipinski definition) is 0. The maximum atomic E-state index is 5.46. The Kier molecular flexibility index (Phi) is 8.42. The lowest BCUT2D eigenvalue weighted by Crippen LogP contribution is -1.97. The summed E-state index contributed by atoms with van der Waals surface area (Å²) in [5.41, 5.74) is 15.5. The number of pyridine rings is 1. The smallest absolute Gasteiger partial charge is 0.161 e. The standard InChI is InChI=1S/C57H37N5/c1-5-18-38(19-6-1)48-37-49(59-57(58-48)47-29-17-31-51-54(47)46-28-15-16-30-50(46)61(51)44-25-11-4-12-26-44)39-32-34-42(35-33-39)55-53(41-22-9-3-10-23-41)56-45-27-14-13-24-43(45)36-52(62(56)60-55)40-20-7-2-8-21-40/h1-37H. The van der Waals surface area contributed by atoms with E-state index in [0.717, 1.165) is 100 Å². The van der Waals surface area contributed by atoms with Crippen molar-refractivity contribution in [1.29, 1.82) is 0 Å². The van der Waals surface area contributed by atoms with Gasteiger partial charge in [0.1, 0.15) is 5.69 Å². The van der Waals surface area contributed by atoms with Crippen molar-refractivity contribution < 1.29 is 0 Å². The lowest BCUT2D eigenvalue weighted by atomic mass is 9.96. The number of benzene rings is 8. The molecule has 0 aliphatic carbocycles. The van der Waals surface area contributed by atoms with Crippen molar-refractivity contribution in [3.63, 3.8) is 0 Å². The van der Waals surface area contributed by atoms with Gasteiger partial charge in [-0.05, 0) is 47.3 Å². The Balaban J connectivity index is 1.05. The van der Waals surface area contributed by atoms with E-state index in [2.05, 4.69) is 227 Å². The summed E-state index contributed by atoms with van der Waals surface area (Å²) in [4.78, 5) is 10.7. The first-order valence-electron chi connectivity index (χ1n) is 21.0. The molecule has 0 bridgehead atoms. The summed E-state index contributed by atoms with van der Waals surface area (Å²) in [6.45, 7) is 0. The van der Waals surface area contributed by atoms with Gasteiger partial charge >= 0.3 is 0 Å². The summed E-state index contributed by atoms with van der Waals surface area (Å²) in [6, 6.07) is 78.9. The van der Waals surface area contributed by atoms with Crippen LogP contribution in [0.4, 0.5) is 0 Å². The highest BCUT2D eigenvalue weighted by atomic mass is 15.2. The van der Waals surface area contributed by atoms with Crippen LogP contribution in [0.3, 0.4) is 0 Å². The van der Waals surface area contributed by atoms with Crippen LogP contribution in [0.15, 0.2) is 224 Å². The summed E-state index contributed by atoms with van der Waals surface area (Å²) in [5, 5.41) is 10.1. The van der Waals surface area contributed by atoms with Gasteiger partial charge in [-0.1, -0.05) is 188 Å². The minimum Gasteiger partial charge on any atom is -0.309 e. The molecule has 0 unspecified atom stereocenters. The molecule has 0 N–H and O–H groups in total. The van der Waals surface area contributed by atoms with Gasteiger partial charge in [-0.3, -0.25) is 0 Å². The molecule has 4 aromatic heterocycles. The quantitative estimate of drug-likeness (QED) is 0.162. The molecule has 0 aliphatic rings. The topological polar surface area (TPSA) is 48.0 Å². The average molecular weight is 792 g/mol. The highest BCUT2D eigenvalue weighted by Crippen LogP contribution is 2.42. The van der Waals surface area contributed by atoms with Crippen molar-refractivity contribution >= 4 is 38.1 Å². The molecule has 0 atom stereocenters. The lowest BCUT2D eigenvalue weighted by molar-refractivity contribution is 0.979. The van der Waals surface area contributed by atoms with Crippen LogP contribution >= 0.6 is 0 Å². The number of fused-ring (bicyclic) bond motifs is 6. The summed E-state index contributed by atoms with van der Waals surface area (Å²) in [5.74, 6) is 0.680. The molecule has 4 heterocycles. The molecule has 12 aromatic rings. The van der Waals surface area contributed by atoms with E-state index in [1.54, 1.807) is 0 Å². The van der Waals surface area contributed by atoms with E-state index < -0.39 is 0 Å². The van der Waals surface area contributed by atoms with E-state index in [4.69, 9.17) is 15.1 Å². The van der Waals surface area contributed by atoms with Gasteiger partial charge in [-0.2, -0.15) is 5.10 Å². The van der Waals surface area contributed by atoms with E-state index in [0.29, 0.717) is 5.82 Å². The molecule has 0 saturated carbocycles. The fourth-order valence-electron chi connectivity index (χ4n) is 9.12. The van der Waals surface area contributed by atoms with Gasteiger partial charge in [0.25, 0.3) is 0 Å². The summed E-state index contributed by atoms with van der Waals surface area (Å²) in [7, 11) is 0. The molecular weight excluding hydrogens is 755 g/mol. The summed E-state index contributed by atoms with van der Waals surface area (Å²) in [6.07, 6.45) is 0. The molecule has 0 amide bonds. The van der Waals surface area contributed by atoms with Crippen LogP contribution in [-0.4, -0.2) is 24.1 Å². The fraction of sp³-hybridized carbons (Fsp3) is 0. The third-order valence-corrected chi connectivity index (χ3v) is 12.0. The van der Waals surface area contributed by atoms with Crippen LogP contribution < -0.4 is 0 Å². The van der Waals surface area contributed by atoms with E-state index in [1.807, 2.05) is 6.07 Å². The van der Waals surface area contributed by atoms with Crippen LogP contribution in [0.25, 0.3) is 111 Å². The van der Waals surface area contributed by atoms with Crippen molar-refractivity contribution in [1.82, 2.24) is 24.1 Å². The minimum absolute atomic E-state index is 0.680. The summed E-state index contributed by atoms with van der Waals surface area (Å²) < 4.78 is 4.48. The van der Waals surface area contributed by atoms with Crippen molar-refractivity contribution in [2.45, 2.75) is 0 Å². The van der Waals surface area contributed by atoms with E-state index in [9.17, 15) is 0 Å². The van der Waals surface area contributed by atoms with E-state index in [-0.39, 0.29) is 0 Å². The SMILES string of the molecule is c1ccc(-c2cc(-c3ccc(-c4nn5c(-c6ccccc6)cc6ccccc6c5c4-c4ccccc4)cc3)nc(-c3cccc4c3c3ccccc3n4-c3ccccc3)n2)cc1. The molecule has 0 aliphatic heterocycles. The van der Waals surface area contributed by atoms with Crippen LogP contribution in [0.5, 0.6) is 0 Å². The van der Waals surface area contributed by atoms with E-state index in [1.165, 1.54) is 5.39 Å². The van der Waals surface area contributed by atoms with Gasteiger partial charge in [-0.25, -0.2) is 14.5 Å². The van der Waals surface area contributed by atoms with Crippen molar-refractivity contribution in [3.05, 3.63) is 224 Å². The Morgan fingerprint density at radius 3 is 1.65 bits per heavy atom. The first kappa shape index (κ1) is 35.5. The molecule has 5 heteroatoms. The van der Waals surface area contributed by atoms with Gasteiger partial charge < -0.3 is 4.57 Å². The molecule has 0 spiro atoms. The van der Waals surface area contributed by atoms with Gasteiger partial charge in [0.15, 0.2) is 5.82 Å². The molecule has 12 rings (SSSR count). The normalized spacial score (nSPS) is 11.5. The first-order valence-corrected chi connectivity index (χ1v) is 21.0. The Bertz CT molecular complexity index is 3590. The lowest BCUT2D eigenvalue weighted by Gasteiger charge is -2.12. The van der Waals surface area contributed by atoms with Crippen molar-refractivity contribution in [2.24, 2.45) is 0 Å². The van der Waals surface area contributed by atoms with Crippen LogP contribution in [0.1, 0.15) is 0 Å². The van der Waals surface area contributed by atoms with Gasteiger partial charge in [0.05, 0.1) is 33.6 Å². The second kappa shape index (κ2) is 14.7. The maximum absolute atomic E-state index is 5.46. The highest BCUT2D eigenvalue weighted by Gasteiger charge is 2.23. The third kappa shape index (κ3) is 5.90. The zero-order valence-electron chi connectivity index (χ0n) is 33.6. The average Bonchev–Trinajstić information content (AvgIpc) is 3.92. The highest BCUT2D eigenvalue weighted by molar-refractivity contribution is 6.15. The largest absolute Gasteiger partial charge is 0.309 e. The van der Waals surface area contributed by atoms with E-state index >= 15 is 0 Å². The Labute approximate surface area is 358 Å². The first-order chi connectivity index (χ1) is 30.8. The molecule has 5 nitrogen and oxygen atoms in total. The van der Waals surface area contributed by atoms with Crippen LogP contribution in [-0.2, 0) is 0 Å². The Hall–Kier alpha value is -8.41. The fourth-order valence-corrected chi connectivity index (χ4v) is 9.12. The van der Waals surface area contributed by atoms with Crippen LogP contribution in [0, 0.1) is 0 Å². The monoisotopic (exact) mass is 791 g/mol. The summed E-state index contributed by atoms with van der Waals surface area (Å²) >= 11 is 0.